The molecule has 0 atom stereocenters. The average Bonchev–Trinajstić information content (AvgIpc) is 2.35. The van der Waals surface area contributed by atoms with Crippen LogP contribution in [0.3, 0.4) is 0 Å². The second-order valence-corrected chi connectivity index (χ2v) is 4.02. The molecule has 2 rings (SSSR count). The molecule has 1 heterocycles. The van der Waals surface area contributed by atoms with Crippen LogP contribution in [0, 0.1) is 0 Å². The summed E-state index contributed by atoms with van der Waals surface area (Å²) in [6, 6.07) is 9.34. The van der Waals surface area contributed by atoms with Gasteiger partial charge in [0.05, 0.1) is 11.1 Å². The van der Waals surface area contributed by atoms with Crippen molar-refractivity contribution in [3.05, 3.63) is 54.2 Å². The van der Waals surface area contributed by atoms with Crippen LogP contribution < -0.4 is 5.32 Å². The van der Waals surface area contributed by atoms with Gasteiger partial charge in [-0.15, -0.1) is 0 Å². The molecule has 0 saturated carbocycles. The van der Waals surface area contributed by atoms with Crippen LogP contribution in [0.4, 0.5) is 0 Å². The lowest BCUT2D eigenvalue weighted by atomic mass is 10.1. The number of aromatic nitrogens is 1. The molecule has 0 unspecified atom stereocenters. The number of benzene rings is 1. The number of para-hydroxylation sites is 1. The number of pyridine rings is 1. The number of amides is 1. The third kappa shape index (κ3) is 2.50. The molecular weight excluding hydrogens is 212 g/mol. The predicted octanol–water partition coefficient (Wildman–Crippen LogP) is 2.54. The van der Waals surface area contributed by atoms with Crippen LogP contribution in [0.25, 0.3) is 10.9 Å². The van der Waals surface area contributed by atoms with Gasteiger partial charge in [-0.2, -0.15) is 0 Å². The Kier molecular flexibility index (Phi) is 3.19. The van der Waals surface area contributed by atoms with Gasteiger partial charge in [-0.3, -0.25) is 9.78 Å². The minimum absolute atomic E-state index is 0.0911. The summed E-state index contributed by atoms with van der Waals surface area (Å²) in [7, 11) is 0. The second-order valence-electron chi connectivity index (χ2n) is 4.02. The fraction of sp³-hybridized carbons (Fsp3) is 0.143. The van der Waals surface area contributed by atoms with Crippen molar-refractivity contribution in [3.8, 4) is 0 Å². The molecular formula is C14H14N2O. The summed E-state index contributed by atoms with van der Waals surface area (Å²) < 4.78 is 0. The molecule has 0 saturated heterocycles. The van der Waals surface area contributed by atoms with E-state index in [1.807, 2.05) is 31.2 Å². The largest absolute Gasteiger partial charge is 0.348 e. The third-order valence-electron chi connectivity index (χ3n) is 2.44. The van der Waals surface area contributed by atoms with Crippen molar-refractivity contribution in [2.45, 2.75) is 6.92 Å². The van der Waals surface area contributed by atoms with Crippen molar-refractivity contribution in [2.24, 2.45) is 0 Å². The molecule has 1 N–H and O–H groups in total. The Labute approximate surface area is 100 Å². The van der Waals surface area contributed by atoms with Crippen molar-refractivity contribution in [1.82, 2.24) is 10.3 Å². The summed E-state index contributed by atoms with van der Waals surface area (Å²) in [6.07, 6.45) is 1.65. The van der Waals surface area contributed by atoms with E-state index in [0.29, 0.717) is 12.1 Å². The molecule has 86 valence electrons. The van der Waals surface area contributed by atoms with E-state index in [2.05, 4.69) is 16.9 Å². The Morgan fingerprint density at radius 3 is 2.88 bits per heavy atom. The van der Waals surface area contributed by atoms with Crippen LogP contribution >= 0.6 is 0 Å². The van der Waals surface area contributed by atoms with E-state index < -0.39 is 0 Å². The van der Waals surface area contributed by atoms with E-state index in [0.717, 1.165) is 16.5 Å². The first-order chi connectivity index (χ1) is 8.18. The van der Waals surface area contributed by atoms with Gasteiger partial charge in [-0.05, 0) is 19.1 Å². The first-order valence-corrected chi connectivity index (χ1v) is 5.45. The van der Waals surface area contributed by atoms with E-state index in [9.17, 15) is 4.79 Å². The van der Waals surface area contributed by atoms with Gasteiger partial charge in [-0.25, -0.2) is 0 Å². The fourth-order valence-electron chi connectivity index (χ4n) is 1.62. The lowest BCUT2D eigenvalue weighted by molar-refractivity contribution is 0.0958. The number of hydrogen-bond donors (Lipinski definition) is 1. The van der Waals surface area contributed by atoms with Gasteiger partial charge < -0.3 is 5.32 Å². The van der Waals surface area contributed by atoms with Crippen LogP contribution in [0.2, 0.25) is 0 Å². The molecule has 17 heavy (non-hydrogen) atoms. The quantitative estimate of drug-likeness (QED) is 0.817. The zero-order valence-electron chi connectivity index (χ0n) is 9.73. The van der Waals surface area contributed by atoms with Gasteiger partial charge in [0.1, 0.15) is 0 Å². The normalized spacial score (nSPS) is 10.2. The molecule has 1 aromatic heterocycles. The van der Waals surface area contributed by atoms with Gasteiger partial charge in [-0.1, -0.05) is 30.4 Å². The van der Waals surface area contributed by atoms with Crippen molar-refractivity contribution in [1.29, 1.82) is 0 Å². The highest BCUT2D eigenvalue weighted by Gasteiger charge is 2.09. The van der Waals surface area contributed by atoms with Crippen molar-refractivity contribution in [2.75, 3.05) is 6.54 Å². The van der Waals surface area contributed by atoms with Crippen LogP contribution in [-0.2, 0) is 0 Å². The first-order valence-electron chi connectivity index (χ1n) is 5.45. The van der Waals surface area contributed by atoms with E-state index in [-0.39, 0.29) is 5.91 Å². The maximum atomic E-state index is 12.0. The molecule has 2 aromatic rings. The topological polar surface area (TPSA) is 42.0 Å². The summed E-state index contributed by atoms with van der Waals surface area (Å²) in [5.41, 5.74) is 2.41. The van der Waals surface area contributed by atoms with Crippen LogP contribution in [0.1, 0.15) is 17.3 Å². The molecule has 0 fully saturated rings. The maximum absolute atomic E-state index is 12.0. The van der Waals surface area contributed by atoms with Crippen molar-refractivity contribution >= 4 is 16.8 Å². The molecule has 3 nitrogen and oxygen atoms in total. The van der Waals surface area contributed by atoms with Gasteiger partial charge in [0.25, 0.3) is 5.91 Å². The van der Waals surface area contributed by atoms with E-state index in [1.54, 1.807) is 12.3 Å². The Hall–Kier alpha value is -2.16. The van der Waals surface area contributed by atoms with E-state index >= 15 is 0 Å². The molecule has 0 aliphatic carbocycles. The Morgan fingerprint density at radius 1 is 1.35 bits per heavy atom. The minimum atomic E-state index is -0.0911. The average molecular weight is 226 g/mol. The Balaban J connectivity index is 2.35. The molecule has 0 aliphatic rings. The van der Waals surface area contributed by atoms with Crippen LogP contribution in [-0.4, -0.2) is 17.4 Å². The van der Waals surface area contributed by atoms with Crippen LogP contribution in [0.5, 0.6) is 0 Å². The number of nitrogens with zero attached hydrogens (tertiary/aromatic N) is 1. The summed E-state index contributed by atoms with van der Waals surface area (Å²) in [5.74, 6) is -0.0911. The van der Waals surface area contributed by atoms with E-state index in [4.69, 9.17) is 0 Å². The number of nitrogens with one attached hydrogen (secondary N) is 1. The Bertz CT molecular complexity index is 570. The highest BCUT2D eigenvalue weighted by molar-refractivity contribution is 6.05. The minimum Gasteiger partial charge on any atom is -0.348 e. The number of fused-ring (bicyclic) bond motifs is 1. The molecule has 0 aliphatic heterocycles. The summed E-state index contributed by atoms with van der Waals surface area (Å²) in [6.45, 7) is 6.13. The van der Waals surface area contributed by atoms with E-state index in [1.165, 1.54) is 0 Å². The van der Waals surface area contributed by atoms with Crippen molar-refractivity contribution in [3.63, 3.8) is 0 Å². The highest BCUT2D eigenvalue weighted by Crippen LogP contribution is 2.15. The van der Waals surface area contributed by atoms with Crippen molar-refractivity contribution < 1.29 is 4.79 Å². The smallest absolute Gasteiger partial charge is 0.252 e. The SMILES string of the molecule is C=C(C)CNC(=O)c1ccnc2ccccc12. The molecule has 1 aromatic carbocycles. The monoisotopic (exact) mass is 226 g/mol. The lowest BCUT2D eigenvalue weighted by Gasteiger charge is -2.07. The van der Waals surface area contributed by atoms with Gasteiger partial charge in [0.2, 0.25) is 0 Å². The zero-order chi connectivity index (χ0) is 12.3. The van der Waals surface area contributed by atoms with Gasteiger partial charge in [0.15, 0.2) is 0 Å². The molecule has 0 spiro atoms. The van der Waals surface area contributed by atoms with Gasteiger partial charge in [0, 0.05) is 18.1 Å². The number of carbonyl (C=O) groups is 1. The second kappa shape index (κ2) is 4.78. The molecule has 3 heteroatoms. The summed E-state index contributed by atoms with van der Waals surface area (Å²) in [4.78, 5) is 16.2. The lowest BCUT2D eigenvalue weighted by Crippen LogP contribution is -2.25. The zero-order valence-corrected chi connectivity index (χ0v) is 9.73. The van der Waals surface area contributed by atoms with Crippen LogP contribution in [0.15, 0.2) is 48.7 Å². The number of rotatable bonds is 3. The summed E-state index contributed by atoms with van der Waals surface area (Å²) >= 11 is 0. The number of carbonyl (C=O) groups excluding carboxylic acids is 1. The standard InChI is InChI=1S/C14H14N2O/c1-10(2)9-16-14(17)12-7-8-15-13-6-4-3-5-11(12)13/h3-8H,1,9H2,2H3,(H,16,17). The van der Waals surface area contributed by atoms with Gasteiger partial charge >= 0.3 is 0 Å². The first kappa shape index (κ1) is 11.3. The molecule has 0 radical (unpaired) electrons. The number of hydrogen-bond acceptors (Lipinski definition) is 2. The molecule has 0 bridgehead atoms. The summed E-state index contributed by atoms with van der Waals surface area (Å²) in [5, 5.41) is 3.69. The maximum Gasteiger partial charge on any atom is 0.252 e. The Morgan fingerprint density at radius 2 is 2.12 bits per heavy atom. The fourth-order valence-corrected chi connectivity index (χ4v) is 1.62. The predicted molar refractivity (Wildman–Crippen MR) is 68.9 cm³/mol. The third-order valence-corrected chi connectivity index (χ3v) is 2.44. The molecule has 1 amide bonds. The highest BCUT2D eigenvalue weighted by atomic mass is 16.1.